The molecule has 0 radical (unpaired) electrons. The number of nitrogens with zero attached hydrogens (tertiary/aromatic N) is 1. The quantitative estimate of drug-likeness (QED) is 0.780. The second-order valence-electron chi connectivity index (χ2n) is 6.78. The summed E-state index contributed by atoms with van der Waals surface area (Å²) in [5, 5.41) is 3.68. The lowest BCUT2D eigenvalue weighted by atomic mass is 9.96. The highest BCUT2D eigenvalue weighted by atomic mass is 15.2. The van der Waals surface area contributed by atoms with Crippen LogP contribution in [0.15, 0.2) is 0 Å². The van der Waals surface area contributed by atoms with Crippen molar-refractivity contribution in [2.24, 2.45) is 11.8 Å². The van der Waals surface area contributed by atoms with Gasteiger partial charge >= 0.3 is 0 Å². The van der Waals surface area contributed by atoms with Gasteiger partial charge in [-0.3, -0.25) is 4.90 Å². The molecule has 2 nitrogen and oxygen atoms in total. The molecule has 1 saturated heterocycles. The van der Waals surface area contributed by atoms with E-state index in [1.807, 2.05) is 0 Å². The number of hydrogen-bond acceptors (Lipinski definition) is 2. The van der Waals surface area contributed by atoms with Crippen molar-refractivity contribution in [3.63, 3.8) is 0 Å². The van der Waals surface area contributed by atoms with Gasteiger partial charge in [0.05, 0.1) is 0 Å². The van der Waals surface area contributed by atoms with E-state index in [-0.39, 0.29) is 0 Å². The molecule has 1 heterocycles. The maximum Gasteiger partial charge on any atom is 0.0124 e. The van der Waals surface area contributed by atoms with Crippen LogP contribution in [0.25, 0.3) is 0 Å². The molecule has 2 atom stereocenters. The van der Waals surface area contributed by atoms with Gasteiger partial charge in [0.1, 0.15) is 0 Å². The van der Waals surface area contributed by atoms with Crippen LogP contribution < -0.4 is 5.32 Å². The van der Waals surface area contributed by atoms with Crippen molar-refractivity contribution in [2.75, 3.05) is 19.6 Å². The Morgan fingerprint density at radius 3 is 2.44 bits per heavy atom. The van der Waals surface area contributed by atoms with Gasteiger partial charge in [-0.25, -0.2) is 0 Å². The number of hydrogen-bond donors (Lipinski definition) is 1. The van der Waals surface area contributed by atoms with E-state index in [2.05, 4.69) is 31.0 Å². The summed E-state index contributed by atoms with van der Waals surface area (Å²) >= 11 is 0. The van der Waals surface area contributed by atoms with Crippen molar-refractivity contribution in [3.05, 3.63) is 0 Å². The fourth-order valence-corrected chi connectivity index (χ4v) is 3.68. The zero-order valence-corrected chi connectivity index (χ0v) is 12.6. The van der Waals surface area contributed by atoms with Crippen molar-refractivity contribution in [1.29, 1.82) is 0 Å². The molecule has 0 aromatic carbocycles. The van der Waals surface area contributed by atoms with Crippen LogP contribution in [0, 0.1) is 11.8 Å². The van der Waals surface area contributed by atoms with Crippen LogP contribution in [0.1, 0.15) is 59.3 Å². The molecule has 1 saturated carbocycles. The Kier molecular flexibility index (Phi) is 5.50. The van der Waals surface area contributed by atoms with Gasteiger partial charge in [0.2, 0.25) is 0 Å². The Morgan fingerprint density at radius 2 is 1.78 bits per heavy atom. The second-order valence-corrected chi connectivity index (χ2v) is 6.78. The van der Waals surface area contributed by atoms with E-state index in [0.29, 0.717) is 6.04 Å². The third-order valence-electron chi connectivity index (χ3n) is 5.22. The molecule has 2 rings (SSSR count). The summed E-state index contributed by atoms with van der Waals surface area (Å²) in [6.45, 7) is 10.7. The van der Waals surface area contributed by atoms with Crippen molar-refractivity contribution < 1.29 is 0 Å². The van der Waals surface area contributed by atoms with Crippen LogP contribution in [0.3, 0.4) is 0 Å². The molecule has 0 aromatic heterocycles. The molecular formula is C16H32N2. The number of rotatable bonds is 6. The van der Waals surface area contributed by atoms with E-state index in [0.717, 1.165) is 17.9 Å². The SMILES string of the molecule is CC(C)C(C)NCCN1CCCC1C1CCCC1. The van der Waals surface area contributed by atoms with Crippen molar-refractivity contribution in [1.82, 2.24) is 10.2 Å². The van der Waals surface area contributed by atoms with Gasteiger partial charge in [0.15, 0.2) is 0 Å². The van der Waals surface area contributed by atoms with Crippen molar-refractivity contribution >= 4 is 0 Å². The van der Waals surface area contributed by atoms with Gasteiger partial charge in [-0.1, -0.05) is 26.7 Å². The summed E-state index contributed by atoms with van der Waals surface area (Å²) in [5.74, 6) is 1.77. The molecule has 2 unspecified atom stereocenters. The Bertz CT molecular complexity index is 233. The van der Waals surface area contributed by atoms with Crippen LogP contribution in [0.4, 0.5) is 0 Å². The average Bonchev–Trinajstić information content (AvgIpc) is 2.98. The van der Waals surface area contributed by atoms with E-state index in [9.17, 15) is 0 Å². The van der Waals surface area contributed by atoms with Gasteiger partial charge in [-0.2, -0.15) is 0 Å². The third kappa shape index (κ3) is 3.71. The molecular weight excluding hydrogens is 220 g/mol. The molecule has 106 valence electrons. The second kappa shape index (κ2) is 6.91. The topological polar surface area (TPSA) is 15.3 Å². The van der Waals surface area contributed by atoms with Gasteiger partial charge in [-0.05, 0) is 51.0 Å². The molecule has 2 fully saturated rings. The van der Waals surface area contributed by atoms with Crippen LogP contribution in [-0.4, -0.2) is 36.6 Å². The van der Waals surface area contributed by atoms with Crippen LogP contribution in [0.2, 0.25) is 0 Å². The van der Waals surface area contributed by atoms with Gasteiger partial charge in [0.25, 0.3) is 0 Å². The lowest BCUT2D eigenvalue weighted by Gasteiger charge is -2.30. The fourth-order valence-electron chi connectivity index (χ4n) is 3.68. The standard InChI is InChI=1S/C16H32N2/c1-13(2)14(3)17-10-12-18-11-6-9-16(18)15-7-4-5-8-15/h13-17H,4-12H2,1-3H3. The summed E-state index contributed by atoms with van der Waals surface area (Å²) in [7, 11) is 0. The maximum absolute atomic E-state index is 3.68. The van der Waals surface area contributed by atoms with Gasteiger partial charge in [-0.15, -0.1) is 0 Å². The molecule has 2 aliphatic rings. The molecule has 2 heteroatoms. The minimum absolute atomic E-state index is 0.650. The van der Waals surface area contributed by atoms with Crippen LogP contribution in [-0.2, 0) is 0 Å². The van der Waals surface area contributed by atoms with Crippen molar-refractivity contribution in [2.45, 2.75) is 71.4 Å². The monoisotopic (exact) mass is 252 g/mol. The largest absolute Gasteiger partial charge is 0.313 e. The average molecular weight is 252 g/mol. The van der Waals surface area contributed by atoms with Crippen molar-refractivity contribution in [3.8, 4) is 0 Å². The van der Waals surface area contributed by atoms with Crippen LogP contribution in [0.5, 0.6) is 0 Å². The van der Waals surface area contributed by atoms with Crippen LogP contribution >= 0.6 is 0 Å². The smallest absolute Gasteiger partial charge is 0.0124 e. The normalized spacial score (nSPS) is 28.3. The summed E-state index contributed by atoms with van der Waals surface area (Å²) in [6, 6.07) is 1.57. The Labute approximate surface area is 114 Å². The molecule has 0 amide bonds. The molecule has 1 N–H and O–H groups in total. The van der Waals surface area contributed by atoms with E-state index in [1.165, 1.54) is 58.2 Å². The molecule has 1 aliphatic carbocycles. The minimum Gasteiger partial charge on any atom is -0.313 e. The Hall–Kier alpha value is -0.0800. The zero-order valence-electron chi connectivity index (χ0n) is 12.6. The van der Waals surface area contributed by atoms with E-state index >= 15 is 0 Å². The summed E-state index contributed by atoms with van der Waals surface area (Å²) in [4.78, 5) is 2.77. The predicted octanol–water partition coefficient (Wildman–Crippen LogP) is 3.28. The Balaban J connectivity index is 1.71. The first-order valence-corrected chi connectivity index (χ1v) is 8.16. The van der Waals surface area contributed by atoms with Gasteiger partial charge in [0, 0.05) is 25.2 Å². The molecule has 18 heavy (non-hydrogen) atoms. The molecule has 0 bridgehead atoms. The summed E-state index contributed by atoms with van der Waals surface area (Å²) in [5.41, 5.74) is 0. The summed E-state index contributed by atoms with van der Waals surface area (Å²) < 4.78 is 0. The first kappa shape index (κ1) is 14.3. The maximum atomic E-state index is 3.68. The van der Waals surface area contributed by atoms with E-state index in [4.69, 9.17) is 0 Å². The lowest BCUT2D eigenvalue weighted by Crippen LogP contribution is -2.41. The highest BCUT2D eigenvalue weighted by Crippen LogP contribution is 2.35. The number of nitrogens with one attached hydrogen (secondary N) is 1. The minimum atomic E-state index is 0.650. The lowest BCUT2D eigenvalue weighted by molar-refractivity contribution is 0.188. The Morgan fingerprint density at radius 1 is 1.06 bits per heavy atom. The highest BCUT2D eigenvalue weighted by Gasteiger charge is 2.32. The van der Waals surface area contributed by atoms with Gasteiger partial charge < -0.3 is 5.32 Å². The molecule has 0 spiro atoms. The fraction of sp³-hybridized carbons (Fsp3) is 1.00. The highest BCUT2D eigenvalue weighted by molar-refractivity contribution is 4.87. The zero-order chi connectivity index (χ0) is 13.0. The molecule has 0 aromatic rings. The van der Waals surface area contributed by atoms with E-state index < -0.39 is 0 Å². The number of likely N-dealkylation sites (tertiary alicyclic amines) is 1. The first-order chi connectivity index (χ1) is 8.68. The predicted molar refractivity (Wildman–Crippen MR) is 78.9 cm³/mol. The third-order valence-corrected chi connectivity index (χ3v) is 5.22. The first-order valence-electron chi connectivity index (χ1n) is 8.16. The van der Waals surface area contributed by atoms with E-state index in [1.54, 1.807) is 0 Å². The molecule has 1 aliphatic heterocycles. The summed E-state index contributed by atoms with van der Waals surface area (Å²) in [6.07, 6.45) is 8.86.